The fraction of sp³-hybridized carbons (Fsp3) is 0.571. The fourth-order valence-corrected chi connectivity index (χ4v) is 4.01. The molecule has 0 saturated carbocycles. The van der Waals surface area contributed by atoms with Crippen molar-refractivity contribution in [1.82, 2.24) is 4.31 Å². The third kappa shape index (κ3) is 4.56. The molecule has 6 heteroatoms. The van der Waals surface area contributed by atoms with Gasteiger partial charge in [-0.25, -0.2) is 8.42 Å². The zero-order valence-electron chi connectivity index (χ0n) is 12.1. The molecule has 0 amide bonds. The third-order valence-electron chi connectivity index (χ3n) is 3.15. The molecule has 0 spiro atoms. The van der Waals surface area contributed by atoms with E-state index in [0.717, 1.165) is 11.1 Å². The molecule has 0 bridgehead atoms. The largest absolute Gasteiger partial charge is 0.396 e. The van der Waals surface area contributed by atoms with Crippen LogP contribution in [0.25, 0.3) is 0 Å². The quantitative estimate of drug-likeness (QED) is 0.752. The molecule has 0 atom stereocenters. The van der Waals surface area contributed by atoms with Gasteiger partial charge in [0, 0.05) is 25.7 Å². The van der Waals surface area contributed by atoms with Crippen molar-refractivity contribution >= 4 is 10.0 Å². The monoisotopic (exact) mass is 300 g/mol. The second kappa shape index (κ2) is 7.73. The van der Waals surface area contributed by atoms with Crippen molar-refractivity contribution in [1.29, 1.82) is 0 Å². The topological polar surface area (TPSA) is 83.6 Å². The third-order valence-corrected chi connectivity index (χ3v) is 5.14. The van der Waals surface area contributed by atoms with Gasteiger partial charge in [0.05, 0.1) is 5.75 Å². The minimum Gasteiger partial charge on any atom is -0.396 e. The highest BCUT2D eigenvalue weighted by molar-refractivity contribution is 7.88. The van der Waals surface area contributed by atoms with Crippen LogP contribution in [0, 0.1) is 0 Å². The zero-order chi connectivity index (χ0) is 15.2. The van der Waals surface area contributed by atoms with E-state index in [0.29, 0.717) is 19.5 Å². The summed E-state index contributed by atoms with van der Waals surface area (Å²) in [7, 11) is -3.41. The van der Waals surface area contributed by atoms with Gasteiger partial charge in [0.25, 0.3) is 0 Å². The van der Waals surface area contributed by atoms with Crippen LogP contribution in [0.3, 0.4) is 0 Å². The highest BCUT2D eigenvalue weighted by Gasteiger charge is 2.25. The van der Waals surface area contributed by atoms with Crippen molar-refractivity contribution in [2.24, 2.45) is 5.73 Å². The van der Waals surface area contributed by atoms with Crippen LogP contribution < -0.4 is 5.73 Å². The number of nitrogens with zero attached hydrogens (tertiary/aromatic N) is 1. The van der Waals surface area contributed by atoms with E-state index in [2.05, 4.69) is 0 Å². The van der Waals surface area contributed by atoms with Gasteiger partial charge in [-0.1, -0.05) is 24.3 Å². The first-order valence-electron chi connectivity index (χ1n) is 6.79. The van der Waals surface area contributed by atoms with Crippen molar-refractivity contribution in [2.75, 3.05) is 13.2 Å². The average Bonchev–Trinajstić information content (AvgIpc) is 2.38. The number of sulfonamides is 1. The van der Waals surface area contributed by atoms with E-state index in [9.17, 15) is 8.42 Å². The normalized spacial score (nSPS) is 12.3. The van der Waals surface area contributed by atoms with Gasteiger partial charge in [-0.15, -0.1) is 0 Å². The molecule has 5 nitrogen and oxygen atoms in total. The summed E-state index contributed by atoms with van der Waals surface area (Å²) in [5, 5.41) is 8.90. The molecule has 1 aromatic rings. The van der Waals surface area contributed by atoms with E-state index >= 15 is 0 Å². The average molecular weight is 300 g/mol. The van der Waals surface area contributed by atoms with Gasteiger partial charge >= 0.3 is 0 Å². The van der Waals surface area contributed by atoms with E-state index in [4.69, 9.17) is 10.8 Å². The predicted octanol–water partition coefficient (Wildman–Crippen LogP) is 1.07. The first kappa shape index (κ1) is 17.1. The first-order valence-corrected chi connectivity index (χ1v) is 8.40. The van der Waals surface area contributed by atoms with Gasteiger partial charge in [-0.05, 0) is 31.4 Å². The minimum atomic E-state index is -3.41. The summed E-state index contributed by atoms with van der Waals surface area (Å²) in [6.45, 7) is 4.32. The second-order valence-electron chi connectivity index (χ2n) is 5.01. The molecule has 0 unspecified atom stereocenters. The Kier molecular flexibility index (Phi) is 6.61. The molecule has 0 fully saturated rings. The Balaban J connectivity index is 2.96. The molecular weight excluding hydrogens is 276 g/mol. The Hall–Kier alpha value is -0.950. The number of hydrogen-bond donors (Lipinski definition) is 2. The van der Waals surface area contributed by atoms with Crippen LogP contribution in [0.1, 0.15) is 31.4 Å². The van der Waals surface area contributed by atoms with Gasteiger partial charge in [-0.3, -0.25) is 0 Å². The van der Waals surface area contributed by atoms with Crippen molar-refractivity contribution in [3.8, 4) is 0 Å². The van der Waals surface area contributed by atoms with Crippen molar-refractivity contribution in [3.63, 3.8) is 0 Å². The first-order chi connectivity index (χ1) is 9.42. The maximum Gasteiger partial charge on any atom is 0.218 e. The Morgan fingerprint density at radius 1 is 1.25 bits per heavy atom. The van der Waals surface area contributed by atoms with E-state index in [1.165, 1.54) is 4.31 Å². The maximum absolute atomic E-state index is 12.5. The summed E-state index contributed by atoms with van der Waals surface area (Å²) in [6.07, 6.45) is 0.440. The summed E-state index contributed by atoms with van der Waals surface area (Å²) in [5.41, 5.74) is 7.23. The van der Waals surface area contributed by atoms with Crippen molar-refractivity contribution < 1.29 is 13.5 Å². The Bertz CT molecular complexity index is 515. The maximum atomic E-state index is 12.5. The molecule has 0 aliphatic rings. The van der Waals surface area contributed by atoms with E-state index in [-0.39, 0.29) is 18.4 Å². The smallest absolute Gasteiger partial charge is 0.218 e. The lowest BCUT2D eigenvalue weighted by Crippen LogP contribution is -2.38. The Labute approximate surface area is 121 Å². The second-order valence-corrected chi connectivity index (χ2v) is 6.93. The van der Waals surface area contributed by atoms with E-state index < -0.39 is 10.0 Å². The van der Waals surface area contributed by atoms with E-state index in [1.807, 2.05) is 32.0 Å². The lowest BCUT2D eigenvalue weighted by atomic mass is 10.1. The number of aliphatic hydroxyl groups excluding tert-OH is 1. The molecule has 0 aliphatic heterocycles. The van der Waals surface area contributed by atoms with Gasteiger partial charge in [0.2, 0.25) is 10.0 Å². The summed E-state index contributed by atoms with van der Waals surface area (Å²) in [5.74, 6) is -0.0516. The summed E-state index contributed by atoms with van der Waals surface area (Å²) >= 11 is 0. The van der Waals surface area contributed by atoms with Gasteiger partial charge in [0.1, 0.15) is 0 Å². The molecule has 0 aromatic heterocycles. The number of nitrogens with two attached hydrogens (primary N) is 1. The Morgan fingerprint density at radius 3 is 2.35 bits per heavy atom. The van der Waals surface area contributed by atoms with Crippen molar-refractivity contribution in [3.05, 3.63) is 35.4 Å². The molecule has 20 heavy (non-hydrogen) atoms. The fourth-order valence-electron chi connectivity index (χ4n) is 2.12. The molecule has 0 radical (unpaired) electrons. The van der Waals surface area contributed by atoms with Crippen LogP contribution in [0.4, 0.5) is 0 Å². The molecule has 1 rings (SSSR count). The standard InChI is InChI=1S/C14H24N2O3S/c1-12(2)16(8-5-9-17)20(18,19)11-14-7-4-3-6-13(14)10-15/h3-4,6-7,12,17H,5,8-11,15H2,1-2H3. The lowest BCUT2D eigenvalue weighted by molar-refractivity contribution is 0.258. The molecule has 0 aliphatic carbocycles. The highest BCUT2D eigenvalue weighted by atomic mass is 32.2. The molecule has 114 valence electrons. The van der Waals surface area contributed by atoms with Crippen LogP contribution in [0.15, 0.2) is 24.3 Å². The summed E-state index contributed by atoms with van der Waals surface area (Å²) in [6, 6.07) is 7.18. The lowest BCUT2D eigenvalue weighted by Gasteiger charge is -2.26. The molecule has 0 saturated heterocycles. The molecule has 3 N–H and O–H groups in total. The predicted molar refractivity (Wildman–Crippen MR) is 80.5 cm³/mol. The van der Waals surface area contributed by atoms with Crippen LogP contribution in [0.5, 0.6) is 0 Å². The minimum absolute atomic E-state index is 0.0157. The van der Waals surface area contributed by atoms with Gasteiger partial charge in [-0.2, -0.15) is 4.31 Å². The van der Waals surface area contributed by atoms with Crippen molar-refractivity contribution in [2.45, 2.75) is 38.6 Å². The SMILES string of the molecule is CC(C)N(CCCO)S(=O)(=O)Cc1ccccc1CN. The highest BCUT2D eigenvalue weighted by Crippen LogP contribution is 2.17. The molecular formula is C14H24N2O3S. The van der Waals surface area contributed by atoms with Crippen LogP contribution in [-0.2, 0) is 22.3 Å². The number of rotatable bonds is 8. The zero-order valence-corrected chi connectivity index (χ0v) is 12.9. The molecule has 0 heterocycles. The van der Waals surface area contributed by atoms with Crippen LogP contribution in [-0.4, -0.2) is 37.0 Å². The number of hydrogen-bond acceptors (Lipinski definition) is 4. The van der Waals surface area contributed by atoms with Gasteiger partial charge < -0.3 is 10.8 Å². The molecule has 1 aromatic carbocycles. The number of aliphatic hydroxyl groups is 1. The summed E-state index contributed by atoms with van der Waals surface area (Å²) < 4.78 is 26.5. The Morgan fingerprint density at radius 2 is 1.85 bits per heavy atom. The van der Waals surface area contributed by atoms with Gasteiger partial charge in [0.15, 0.2) is 0 Å². The summed E-state index contributed by atoms with van der Waals surface area (Å²) in [4.78, 5) is 0. The van der Waals surface area contributed by atoms with E-state index in [1.54, 1.807) is 6.07 Å². The number of benzene rings is 1. The van der Waals surface area contributed by atoms with Crippen LogP contribution >= 0.6 is 0 Å². The van der Waals surface area contributed by atoms with Crippen LogP contribution in [0.2, 0.25) is 0 Å².